The second-order valence-electron chi connectivity index (χ2n) is 6.72. The van der Waals surface area contributed by atoms with Crippen molar-refractivity contribution < 1.29 is 8.42 Å². The normalized spacial score (nSPS) is 15.3. The largest absolute Gasteiger partial charge is 0.329 e. The van der Waals surface area contributed by atoms with E-state index in [1.54, 1.807) is 17.8 Å². The lowest BCUT2D eigenvalue weighted by atomic mass is 9.92. The van der Waals surface area contributed by atoms with Crippen LogP contribution in [-0.2, 0) is 17.1 Å². The Morgan fingerprint density at radius 1 is 1.43 bits per heavy atom. The quantitative estimate of drug-likeness (QED) is 0.826. The van der Waals surface area contributed by atoms with E-state index in [2.05, 4.69) is 14.8 Å². The molecule has 0 aliphatic rings. The van der Waals surface area contributed by atoms with E-state index in [4.69, 9.17) is 5.73 Å². The van der Waals surface area contributed by atoms with Gasteiger partial charge in [0.1, 0.15) is 4.90 Å². The third-order valence-electron chi connectivity index (χ3n) is 3.84. The zero-order valence-corrected chi connectivity index (χ0v) is 15.1. The molecule has 23 heavy (non-hydrogen) atoms. The number of aryl methyl sites for hydroxylation is 2. The maximum absolute atomic E-state index is 12.7. The van der Waals surface area contributed by atoms with E-state index in [9.17, 15) is 8.42 Å². The Morgan fingerprint density at radius 3 is 2.65 bits per heavy atom. The standard InChI is InChI=1S/C15H25N5O2S/c1-10(2)7-15(4,9-16)19-23(21,22)12-6-13-11(3)18-20(5)14(13)17-8-12/h6,8,10,19H,7,9,16H2,1-5H3. The van der Waals surface area contributed by atoms with Crippen LogP contribution in [0.25, 0.3) is 11.0 Å². The molecule has 2 aromatic heterocycles. The molecule has 1 atom stereocenters. The van der Waals surface area contributed by atoms with Crippen LogP contribution in [-0.4, -0.2) is 35.3 Å². The fourth-order valence-corrected chi connectivity index (χ4v) is 4.28. The van der Waals surface area contributed by atoms with Crippen LogP contribution in [0, 0.1) is 12.8 Å². The first kappa shape index (κ1) is 17.8. The number of nitrogens with zero attached hydrogens (tertiary/aromatic N) is 3. The van der Waals surface area contributed by atoms with Crippen LogP contribution in [0.5, 0.6) is 0 Å². The zero-order chi connectivity index (χ0) is 17.4. The molecule has 0 amide bonds. The van der Waals surface area contributed by atoms with Gasteiger partial charge in [-0.1, -0.05) is 13.8 Å². The van der Waals surface area contributed by atoms with Gasteiger partial charge in [0.05, 0.1) is 5.69 Å². The lowest BCUT2D eigenvalue weighted by molar-refractivity contribution is 0.344. The van der Waals surface area contributed by atoms with Crippen molar-refractivity contribution in [2.45, 2.75) is 44.6 Å². The van der Waals surface area contributed by atoms with E-state index < -0.39 is 15.6 Å². The Balaban J connectivity index is 2.41. The highest BCUT2D eigenvalue weighted by molar-refractivity contribution is 7.89. The van der Waals surface area contributed by atoms with E-state index in [0.717, 1.165) is 11.1 Å². The number of nitrogens with two attached hydrogens (primary N) is 1. The molecule has 8 heteroatoms. The molecule has 0 fully saturated rings. The molecule has 0 saturated heterocycles. The van der Waals surface area contributed by atoms with Crippen LogP contribution < -0.4 is 10.5 Å². The first-order valence-electron chi connectivity index (χ1n) is 7.61. The SMILES string of the molecule is Cc1nn(C)c2ncc(S(=O)(=O)NC(C)(CN)CC(C)C)cc12. The van der Waals surface area contributed by atoms with Gasteiger partial charge in [0, 0.05) is 30.7 Å². The maximum Gasteiger partial charge on any atom is 0.242 e. The van der Waals surface area contributed by atoms with Crippen molar-refractivity contribution in [3.8, 4) is 0 Å². The van der Waals surface area contributed by atoms with Crippen molar-refractivity contribution in [2.24, 2.45) is 18.7 Å². The monoisotopic (exact) mass is 339 g/mol. The lowest BCUT2D eigenvalue weighted by Gasteiger charge is -2.30. The minimum atomic E-state index is -3.70. The third kappa shape index (κ3) is 3.70. The highest BCUT2D eigenvalue weighted by atomic mass is 32.2. The van der Waals surface area contributed by atoms with E-state index >= 15 is 0 Å². The summed E-state index contributed by atoms with van der Waals surface area (Å²) >= 11 is 0. The predicted octanol–water partition coefficient (Wildman–Crippen LogP) is 1.32. The summed E-state index contributed by atoms with van der Waals surface area (Å²) < 4.78 is 29.8. The zero-order valence-electron chi connectivity index (χ0n) is 14.3. The second-order valence-corrected chi connectivity index (χ2v) is 8.40. The van der Waals surface area contributed by atoms with Gasteiger partial charge in [-0.15, -0.1) is 0 Å². The number of fused-ring (bicyclic) bond motifs is 1. The summed E-state index contributed by atoms with van der Waals surface area (Å²) in [6.45, 7) is 7.96. The number of aromatic nitrogens is 3. The molecule has 128 valence electrons. The Kier molecular flexibility index (Phi) is 4.79. The highest BCUT2D eigenvalue weighted by Gasteiger charge is 2.30. The number of rotatable bonds is 6. The van der Waals surface area contributed by atoms with E-state index in [1.807, 2.05) is 27.7 Å². The van der Waals surface area contributed by atoms with Crippen LogP contribution >= 0.6 is 0 Å². The molecule has 2 rings (SSSR count). The van der Waals surface area contributed by atoms with Gasteiger partial charge in [0.15, 0.2) is 5.65 Å². The lowest BCUT2D eigenvalue weighted by Crippen LogP contribution is -2.52. The van der Waals surface area contributed by atoms with Crippen LogP contribution in [0.1, 0.15) is 32.9 Å². The smallest absolute Gasteiger partial charge is 0.242 e. The average Bonchev–Trinajstić information content (AvgIpc) is 2.72. The molecule has 0 radical (unpaired) electrons. The number of pyridine rings is 1. The molecule has 0 bridgehead atoms. The van der Waals surface area contributed by atoms with Crippen LogP contribution in [0.15, 0.2) is 17.2 Å². The molecular weight excluding hydrogens is 314 g/mol. The molecule has 0 aliphatic carbocycles. The molecule has 0 aliphatic heterocycles. The van der Waals surface area contributed by atoms with Gasteiger partial charge in [-0.25, -0.2) is 18.1 Å². The first-order valence-corrected chi connectivity index (χ1v) is 9.10. The molecule has 2 heterocycles. The Labute approximate surface area is 137 Å². The van der Waals surface area contributed by atoms with Crippen LogP contribution in [0.4, 0.5) is 0 Å². The minimum Gasteiger partial charge on any atom is -0.329 e. The average molecular weight is 339 g/mol. The van der Waals surface area contributed by atoms with Crippen molar-refractivity contribution in [3.63, 3.8) is 0 Å². The van der Waals surface area contributed by atoms with Gasteiger partial charge >= 0.3 is 0 Å². The van der Waals surface area contributed by atoms with Crippen LogP contribution in [0.3, 0.4) is 0 Å². The van der Waals surface area contributed by atoms with Gasteiger partial charge in [-0.3, -0.25) is 4.68 Å². The maximum atomic E-state index is 12.7. The van der Waals surface area contributed by atoms with Gasteiger partial charge in [-0.05, 0) is 32.3 Å². The summed E-state index contributed by atoms with van der Waals surface area (Å²) in [7, 11) is -1.92. The molecule has 0 aromatic carbocycles. The molecule has 3 N–H and O–H groups in total. The molecule has 0 saturated carbocycles. The van der Waals surface area contributed by atoms with E-state index in [-0.39, 0.29) is 11.4 Å². The van der Waals surface area contributed by atoms with Gasteiger partial charge < -0.3 is 5.73 Å². The van der Waals surface area contributed by atoms with Gasteiger partial charge in [0.2, 0.25) is 10.0 Å². The number of nitrogens with one attached hydrogen (secondary N) is 1. The van der Waals surface area contributed by atoms with Crippen molar-refractivity contribution in [1.29, 1.82) is 0 Å². The van der Waals surface area contributed by atoms with Crippen LogP contribution in [0.2, 0.25) is 0 Å². The third-order valence-corrected chi connectivity index (χ3v) is 5.44. The fraction of sp³-hybridized carbons (Fsp3) is 0.600. The first-order chi connectivity index (χ1) is 10.6. The van der Waals surface area contributed by atoms with E-state index in [1.165, 1.54) is 6.20 Å². The highest BCUT2D eigenvalue weighted by Crippen LogP contribution is 2.22. The Morgan fingerprint density at radius 2 is 2.09 bits per heavy atom. The topological polar surface area (TPSA) is 103 Å². The summed E-state index contributed by atoms with van der Waals surface area (Å²) in [6.07, 6.45) is 2.02. The molecule has 0 spiro atoms. The van der Waals surface area contributed by atoms with Crippen molar-refractivity contribution in [1.82, 2.24) is 19.5 Å². The molecular formula is C15H25N5O2S. The van der Waals surface area contributed by atoms with Crippen molar-refractivity contribution in [2.75, 3.05) is 6.54 Å². The molecule has 7 nitrogen and oxygen atoms in total. The summed E-state index contributed by atoms with van der Waals surface area (Å²) in [4.78, 5) is 4.36. The number of sulfonamides is 1. The summed E-state index contributed by atoms with van der Waals surface area (Å²) in [5.41, 5.74) is 6.52. The van der Waals surface area contributed by atoms with Gasteiger partial charge in [-0.2, -0.15) is 5.10 Å². The summed E-state index contributed by atoms with van der Waals surface area (Å²) in [5, 5.41) is 4.99. The predicted molar refractivity (Wildman–Crippen MR) is 90.5 cm³/mol. The van der Waals surface area contributed by atoms with E-state index in [0.29, 0.717) is 18.0 Å². The van der Waals surface area contributed by atoms with Crippen molar-refractivity contribution in [3.05, 3.63) is 18.0 Å². The Hall–Kier alpha value is -1.51. The van der Waals surface area contributed by atoms with Crippen molar-refractivity contribution >= 4 is 21.1 Å². The number of hydrogen-bond donors (Lipinski definition) is 2. The van der Waals surface area contributed by atoms with Gasteiger partial charge in [0.25, 0.3) is 0 Å². The Bertz CT molecular complexity index is 813. The molecule has 1 unspecified atom stereocenters. The second kappa shape index (κ2) is 6.18. The number of hydrogen-bond acceptors (Lipinski definition) is 5. The summed E-state index contributed by atoms with van der Waals surface area (Å²) in [6, 6.07) is 1.61. The fourth-order valence-electron chi connectivity index (χ4n) is 2.89. The molecule has 2 aromatic rings. The minimum absolute atomic E-state index is 0.129. The summed E-state index contributed by atoms with van der Waals surface area (Å²) in [5.74, 6) is 0.326.